The SMILES string of the molecule is COc1ccc(NC(=O)[C@@H](C)OC(=O)c2cc(Cl)c(OC(C)C)c(OC)c2)cc1. The van der Waals surface area contributed by atoms with Gasteiger partial charge in [-0.3, -0.25) is 4.79 Å². The highest BCUT2D eigenvalue weighted by Gasteiger charge is 2.22. The Labute approximate surface area is 174 Å². The zero-order valence-electron chi connectivity index (χ0n) is 16.9. The maximum Gasteiger partial charge on any atom is 0.339 e. The fourth-order valence-electron chi connectivity index (χ4n) is 2.39. The lowest BCUT2D eigenvalue weighted by molar-refractivity contribution is -0.123. The van der Waals surface area contributed by atoms with E-state index in [2.05, 4.69) is 5.32 Å². The topological polar surface area (TPSA) is 83.1 Å². The van der Waals surface area contributed by atoms with E-state index >= 15 is 0 Å². The van der Waals surface area contributed by atoms with Crippen LogP contribution in [0.5, 0.6) is 17.2 Å². The van der Waals surface area contributed by atoms with Crippen LogP contribution in [0.15, 0.2) is 36.4 Å². The number of anilines is 1. The highest BCUT2D eigenvalue weighted by Crippen LogP contribution is 2.37. The van der Waals surface area contributed by atoms with E-state index in [1.54, 1.807) is 31.4 Å². The molecule has 0 saturated heterocycles. The van der Waals surface area contributed by atoms with E-state index in [-0.39, 0.29) is 16.7 Å². The molecule has 0 radical (unpaired) electrons. The molecule has 8 heteroatoms. The second-order valence-electron chi connectivity index (χ2n) is 6.42. The summed E-state index contributed by atoms with van der Waals surface area (Å²) in [6.07, 6.45) is -1.15. The van der Waals surface area contributed by atoms with Gasteiger partial charge in [0.1, 0.15) is 5.75 Å². The smallest absolute Gasteiger partial charge is 0.339 e. The van der Waals surface area contributed by atoms with Gasteiger partial charge in [-0.05, 0) is 57.2 Å². The fourth-order valence-corrected chi connectivity index (χ4v) is 2.64. The predicted octanol–water partition coefficient (Wildman–Crippen LogP) is 4.33. The average molecular weight is 422 g/mol. The molecule has 0 aliphatic rings. The molecule has 2 rings (SSSR count). The van der Waals surface area contributed by atoms with Gasteiger partial charge in [0.25, 0.3) is 5.91 Å². The molecule has 0 spiro atoms. The van der Waals surface area contributed by atoms with E-state index in [1.807, 2.05) is 13.8 Å². The highest BCUT2D eigenvalue weighted by molar-refractivity contribution is 6.32. The van der Waals surface area contributed by atoms with E-state index in [4.69, 9.17) is 30.5 Å². The quantitative estimate of drug-likeness (QED) is 0.639. The number of methoxy groups -OCH3 is 2. The number of halogens is 1. The Hall–Kier alpha value is -2.93. The van der Waals surface area contributed by atoms with Gasteiger partial charge in [-0.2, -0.15) is 0 Å². The second kappa shape index (κ2) is 10.0. The summed E-state index contributed by atoms with van der Waals surface area (Å²) in [4.78, 5) is 24.8. The molecule has 0 bridgehead atoms. The number of esters is 1. The first kappa shape index (κ1) is 22.4. The Kier molecular flexibility index (Phi) is 7.73. The summed E-state index contributed by atoms with van der Waals surface area (Å²) < 4.78 is 21.2. The lowest BCUT2D eigenvalue weighted by atomic mass is 10.2. The van der Waals surface area contributed by atoms with Crippen LogP contribution in [0.2, 0.25) is 5.02 Å². The maximum absolute atomic E-state index is 12.5. The van der Waals surface area contributed by atoms with E-state index in [9.17, 15) is 9.59 Å². The van der Waals surface area contributed by atoms with Crippen LogP contribution in [0.25, 0.3) is 0 Å². The molecule has 29 heavy (non-hydrogen) atoms. The van der Waals surface area contributed by atoms with Gasteiger partial charge in [0.15, 0.2) is 17.6 Å². The number of rotatable bonds is 8. The third kappa shape index (κ3) is 6.02. The van der Waals surface area contributed by atoms with E-state index < -0.39 is 18.0 Å². The molecule has 0 aliphatic heterocycles. The molecule has 1 atom stereocenters. The summed E-state index contributed by atoms with van der Waals surface area (Å²) in [5.41, 5.74) is 0.700. The van der Waals surface area contributed by atoms with Gasteiger partial charge in [0, 0.05) is 5.69 Å². The van der Waals surface area contributed by atoms with E-state index in [1.165, 1.54) is 26.2 Å². The standard InChI is InChI=1S/C21H24ClNO6/c1-12(2)28-19-17(22)10-14(11-18(19)27-5)21(25)29-13(3)20(24)23-15-6-8-16(26-4)9-7-15/h6-13H,1-5H3,(H,23,24)/t13-/m1/s1. The van der Waals surface area contributed by atoms with Gasteiger partial charge in [-0.15, -0.1) is 0 Å². The number of amides is 1. The van der Waals surface area contributed by atoms with Crippen LogP contribution in [0.1, 0.15) is 31.1 Å². The number of benzene rings is 2. The first-order valence-corrected chi connectivity index (χ1v) is 9.33. The predicted molar refractivity (Wildman–Crippen MR) is 110 cm³/mol. The Bertz CT molecular complexity index is 866. The molecule has 7 nitrogen and oxygen atoms in total. The molecule has 1 amide bonds. The van der Waals surface area contributed by atoms with Crippen molar-refractivity contribution in [2.75, 3.05) is 19.5 Å². The molecule has 0 aliphatic carbocycles. The number of carbonyl (C=O) groups is 2. The maximum atomic E-state index is 12.5. The molecule has 1 N–H and O–H groups in total. The number of ether oxygens (including phenoxy) is 4. The van der Waals surface area contributed by atoms with Crippen molar-refractivity contribution in [2.45, 2.75) is 33.0 Å². The summed E-state index contributed by atoms with van der Waals surface area (Å²) in [6, 6.07) is 9.66. The molecule has 0 fully saturated rings. The Balaban J connectivity index is 2.07. The molecular weight excluding hydrogens is 398 g/mol. The molecule has 0 unspecified atom stereocenters. The number of hydrogen-bond donors (Lipinski definition) is 1. The average Bonchev–Trinajstić information content (AvgIpc) is 2.69. The first-order valence-electron chi connectivity index (χ1n) is 8.95. The van der Waals surface area contributed by atoms with Crippen LogP contribution in [0.3, 0.4) is 0 Å². The Morgan fingerprint density at radius 3 is 2.21 bits per heavy atom. The molecule has 156 valence electrons. The van der Waals surface area contributed by atoms with E-state index in [0.29, 0.717) is 22.9 Å². The first-order chi connectivity index (χ1) is 13.7. The van der Waals surface area contributed by atoms with Crippen LogP contribution < -0.4 is 19.5 Å². The number of carbonyl (C=O) groups excluding carboxylic acids is 2. The summed E-state index contributed by atoms with van der Waals surface area (Å²) in [6.45, 7) is 5.17. The van der Waals surface area contributed by atoms with E-state index in [0.717, 1.165) is 0 Å². The van der Waals surface area contributed by atoms with Crippen LogP contribution in [0.4, 0.5) is 5.69 Å². The number of nitrogens with one attached hydrogen (secondary N) is 1. The summed E-state index contributed by atoms with van der Waals surface area (Å²) in [7, 11) is 3.00. The van der Waals surface area contributed by atoms with Gasteiger partial charge in [-0.1, -0.05) is 11.6 Å². The zero-order valence-corrected chi connectivity index (χ0v) is 17.7. The minimum Gasteiger partial charge on any atom is -0.497 e. The molecule has 0 heterocycles. The summed E-state index contributed by atoms with van der Waals surface area (Å²) >= 11 is 6.23. The van der Waals surface area contributed by atoms with Crippen molar-refractivity contribution in [1.29, 1.82) is 0 Å². The Morgan fingerprint density at radius 1 is 1.00 bits per heavy atom. The normalized spacial score (nSPS) is 11.6. The summed E-state index contributed by atoms with van der Waals surface area (Å²) in [5, 5.41) is 2.88. The van der Waals surface area contributed by atoms with Crippen LogP contribution in [0, 0.1) is 0 Å². The molecular formula is C21H24ClNO6. The second-order valence-corrected chi connectivity index (χ2v) is 6.83. The largest absolute Gasteiger partial charge is 0.497 e. The molecule has 0 saturated carbocycles. The van der Waals surface area contributed by atoms with Crippen molar-refractivity contribution in [3.8, 4) is 17.2 Å². The van der Waals surface area contributed by atoms with Crippen molar-refractivity contribution in [2.24, 2.45) is 0 Å². The van der Waals surface area contributed by atoms with Crippen LogP contribution in [-0.4, -0.2) is 38.3 Å². The fraction of sp³-hybridized carbons (Fsp3) is 0.333. The lowest BCUT2D eigenvalue weighted by Crippen LogP contribution is -2.30. The zero-order chi connectivity index (χ0) is 21.6. The van der Waals surface area contributed by atoms with Crippen molar-refractivity contribution in [3.05, 3.63) is 47.0 Å². The molecule has 0 aromatic heterocycles. The number of hydrogen-bond acceptors (Lipinski definition) is 6. The Morgan fingerprint density at radius 2 is 1.66 bits per heavy atom. The molecule has 2 aromatic rings. The van der Waals surface area contributed by atoms with Crippen LogP contribution in [-0.2, 0) is 9.53 Å². The van der Waals surface area contributed by atoms with Gasteiger partial charge < -0.3 is 24.3 Å². The van der Waals surface area contributed by atoms with Crippen molar-refractivity contribution < 1.29 is 28.5 Å². The van der Waals surface area contributed by atoms with Crippen molar-refractivity contribution in [1.82, 2.24) is 0 Å². The van der Waals surface area contributed by atoms with Gasteiger partial charge >= 0.3 is 5.97 Å². The minimum atomic E-state index is -1.03. The third-order valence-corrected chi connectivity index (χ3v) is 4.11. The van der Waals surface area contributed by atoms with Gasteiger partial charge in [-0.25, -0.2) is 4.79 Å². The monoisotopic (exact) mass is 421 g/mol. The highest BCUT2D eigenvalue weighted by atomic mass is 35.5. The third-order valence-electron chi connectivity index (χ3n) is 3.83. The lowest BCUT2D eigenvalue weighted by Gasteiger charge is -2.17. The summed E-state index contributed by atoms with van der Waals surface area (Å²) in [5.74, 6) is 0.123. The minimum absolute atomic E-state index is 0.124. The van der Waals surface area contributed by atoms with Crippen molar-refractivity contribution >= 4 is 29.2 Å². The van der Waals surface area contributed by atoms with Gasteiger partial charge in [0.2, 0.25) is 0 Å². The van der Waals surface area contributed by atoms with Crippen molar-refractivity contribution in [3.63, 3.8) is 0 Å². The van der Waals surface area contributed by atoms with Crippen LogP contribution >= 0.6 is 11.6 Å². The van der Waals surface area contributed by atoms with Gasteiger partial charge in [0.05, 0.1) is 30.9 Å². The molecule has 2 aromatic carbocycles.